The standard InChI is InChI=1S/C28H29ClO11/c1-14(30)35-13-24-25(37-15(2)31)26(38-16(3)32)27(39-17(4)33)28(40-24)22-10-19(23(29)11-20(22)12-36-28)9-18-5-7-21(34)8-6-18/h5-8,10-11,24-27,34H,9,12-13H2,1-4H3/t24-,25+,26+,27-,28+/m1/s1. The van der Waals surface area contributed by atoms with Gasteiger partial charge in [0.2, 0.25) is 11.9 Å². The maximum Gasteiger partial charge on any atom is 0.303 e. The number of carbonyl (C=O) groups excluding carboxylic acids is 4. The van der Waals surface area contributed by atoms with Gasteiger partial charge in [0, 0.05) is 38.3 Å². The molecule has 0 saturated carbocycles. The molecule has 0 amide bonds. The van der Waals surface area contributed by atoms with Crippen molar-refractivity contribution in [1.29, 1.82) is 0 Å². The fraction of sp³-hybridized carbons (Fsp3) is 0.429. The molecule has 0 unspecified atom stereocenters. The number of rotatable bonds is 7. The Labute approximate surface area is 235 Å². The van der Waals surface area contributed by atoms with E-state index in [1.165, 1.54) is 6.92 Å². The van der Waals surface area contributed by atoms with Crippen molar-refractivity contribution >= 4 is 35.5 Å². The first-order chi connectivity index (χ1) is 18.9. The van der Waals surface area contributed by atoms with E-state index in [9.17, 15) is 24.3 Å². The van der Waals surface area contributed by atoms with Crippen molar-refractivity contribution < 1.29 is 52.7 Å². The average Bonchev–Trinajstić information content (AvgIpc) is 3.20. The molecule has 0 bridgehead atoms. The van der Waals surface area contributed by atoms with Gasteiger partial charge in [0.15, 0.2) is 12.2 Å². The SMILES string of the molecule is CC(=O)OC[C@H]1O[C@]2(OCc3cc(Cl)c(Cc4ccc(O)cc4)cc32)[C@H](OC(C)=O)[C@@H](OC(C)=O)[C@H]1OC(C)=O. The van der Waals surface area contributed by atoms with Crippen LogP contribution in [0.4, 0.5) is 0 Å². The van der Waals surface area contributed by atoms with E-state index in [0.717, 1.165) is 26.3 Å². The van der Waals surface area contributed by atoms with Gasteiger partial charge in [-0.15, -0.1) is 0 Å². The van der Waals surface area contributed by atoms with E-state index < -0.39 is 54.1 Å². The number of fused-ring (bicyclic) bond motifs is 2. The molecule has 214 valence electrons. The number of phenols is 1. The van der Waals surface area contributed by atoms with Crippen LogP contribution in [0.5, 0.6) is 5.75 Å². The van der Waals surface area contributed by atoms with E-state index in [2.05, 4.69) is 0 Å². The predicted molar refractivity (Wildman–Crippen MR) is 137 cm³/mol. The monoisotopic (exact) mass is 576 g/mol. The summed E-state index contributed by atoms with van der Waals surface area (Å²) in [4.78, 5) is 48.3. The fourth-order valence-corrected chi connectivity index (χ4v) is 5.19. The Morgan fingerprint density at radius 1 is 0.925 bits per heavy atom. The summed E-state index contributed by atoms with van der Waals surface area (Å²) < 4.78 is 34.5. The normalized spacial score (nSPS) is 25.1. The quantitative estimate of drug-likeness (QED) is 0.383. The molecule has 0 aliphatic carbocycles. The number of hydrogen-bond acceptors (Lipinski definition) is 11. The molecule has 11 nitrogen and oxygen atoms in total. The Morgan fingerprint density at radius 2 is 1.55 bits per heavy atom. The summed E-state index contributed by atoms with van der Waals surface area (Å²) in [5.41, 5.74) is 2.59. The zero-order chi connectivity index (χ0) is 29.2. The minimum Gasteiger partial charge on any atom is -0.508 e. The molecular weight excluding hydrogens is 548 g/mol. The lowest BCUT2D eigenvalue weighted by Crippen LogP contribution is -2.66. The zero-order valence-electron chi connectivity index (χ0n) is 22.3. The molecule has 1 fully saturated rings. The fourth-order valence-electron chi connectivity index (χ4n) is 4.93. The second-order valence-electron chi connectivity index (χ2n) is 9.54. The molecule has 1 spiro atoms. The van der Waals surface area contributed by atoms with Crippen molar-refractivity contribution in [3.05, 3.63) is 63.7 Å². The van der Waals surface area contributed by atoms with Crippen molar-refractivity contribution in [3.63, 3.8) is 0 Å². The first-order valence-corrected chi connectivity index (χ1v) is 12.8. The van der Waals surface area contributed by atoms with Crippen LogP contribution in [0.25, 0.3) is 0 Å². The lowest BCUT2D eigenvalue weighted by Gasteiger charge is -2.49. The summed E-state index contributed by atoms with van der Waals surface area (Å²) in [5, 5.41) is 10.1. The minimum atomic E-state index is -1.84. The average molecular weight is 577 g/mol. The van der Waals surface area contributed by atoms with Gasteiger partial charge in [0.25, 0.3) is 0 Å². The number of esters is 4. The Bertz CT molecular complexity index is 1310. The van der Waals surface area contributed by atoms with Gasteiger partial charge in [-0.1, -0.05) is 23.7 Å². The number of halogens is 1. The molecular formula is C28H29ClO11. The maximum atomic E-state index is 12.3. The molecule has 4 rings (SSSR count). The highest BCUT2D eigenvalue weighted by atomic mass is 35.5. The second kappa shape index (κ2) is 11.8. The van der Waals surface area contributed by atoms with E-state index in [1.807, 2.05) is 0 Å². The molecule has 1 saturated heterocycles. The minimum absolute atomic E-state index is 0.00236. The molecule has 0 aromatic heterocycles. The number of hydrogen-bond donors (Lipinski definition) is 1. The molecule has 2 heterocycles. The maximum absolute atomic E-state index is 12.3. The third kappa shape index (κ3) is 6.22. The summed E-state index contributed by atoms with van der Waals surface area (Å²) in [7, 11) is 0. The van der Waals surface area contributed by atoms with Gasteiger partial charge in [-0.25, -0.2) is 0 Å². The van der Waals surface area contributed by atoms with Crippen molar-refractivity contribution in [1.82, 2.24) is 0 Å². The van der Waals surface area contributed by atoms with Crippen LogP contribution in [0.15, 0.2) is 36.4 Å². The van der Waals surface area contributed by atoms with Crippen LogP contribution in [0, 0.1) is 0 Å². The van der Waals surface area contributed by atoms with E-state index in [0.29, 0.717) is 28.1 Å². The van der Waals surface area contributed by atoms with Gasteiger partial charge in [0.05, 0.1) is 6.61 Å². The number of carbonyl (C=O) groups is 4. The number of benzene rings is 2. The highest BCUT2D eigenvalue weighted by Gasteiger charge is 2.64. The number of phenolic OH excluding ortho intramolecular Hbond substituents is 1. The summed E-state index contributed by atoms with van der Waals surface area (Å²) in [6, 6.07) is 10.1. The van der Waals surface area contributed by atoms with Crippen LogP contribution >= 0.6 is 11.6 Å². The highest BCUT2D eigenvalue weighted by Crippen LogP contribution is 2.49. The first-order valence-electron chi connectivity index (χ1n) is 12.5. The van der Waals surface area contributed by atoms with Gasteiger partial charge < -0.3 is 33.5 Å². The van der Waals surface area contributed by atoms with Gasteiger partial charge in [-0.3, -0.25) is 19.2 Å². The van der Waals surface area contributed by atoms with Crippen molar-refractivity contribution in [2.45, 2.75) is 70.9 Å². The van der Waals surface area contributed by atoms with E-state index in [4.69, 9.17) is 40.0 Å². The Kier molecular flexibility index (Phi) is 8.67. The summed E-state index contributed by atoms with van der Waals surface area (Å²) in [6.45, 7) is 4.28. The molecule has 2 aromatic rings. The van der Waals surface area contributed by atoms with Crippen molar-refractivity contribution in [2.24, 2.45) is 0 Å². The van der Waals surface area contributed by atoms with Gasteiger partial charge >= 0.3 is 23.9 Å². The van der Waals surface area contributed by atoms with E-state index in [-0.39, 0.29) is 19.0 Å². The third-order valence-electron chi connectivity index (χ3n) is 6.46. The van der Waals surface area contributed by atoms with Crippen LogP contribution in [-0.4, -0.2) is 60.0 Å². The molecule has 5 atom stereocenters. The Hall–Kier alpha value is -3.67. The summed E-state index contributed by atoms with van der Waals surface area (Å²) in [5.74, 6) is -4.55. The first kappa shape index (κ1) is 29.3. The summed E-state index contributed by atoms with van der Waals surface area (Å²) >= 11 is 6.61. The molecule has 12 heteroatoms. The Balaban J connectivity index is 1.85. The number of aromatic hydroxyl groups is 1. The van der Waals surface area contributed by atoms with Gasteiger partial charge in [-0.05, 0) is 47.4 Å². The second-order valence-corrected chi connectivity index (χ2v) is 9.94. The molecule has 2 aromatic carbocycles. The lowest BCUT2D eigenvalue weighted by molar-refractivity contribution is -0.370. The van der Waals surface area contributed by atoms with Crippen LogP contribution < -0.4 is 0 Å². The molecule has 0 radical (unpaired) electrons. The number of ether oxygens (including phenoxy) is 6. The predicted octanol–water partition coefficient (Wildman–Crippen LogP) is 3.08. The zero-order valence-corrected chi connectivity index (χ0v) is 23.1. The molecule has 2 aliphatic rings. The lowest BCUT2D eigenvalue weighted by atomic mass is 9.85. The molecule has 2 aliphatic heterocycles. The smallest absolute Gasteiger partial charge is 0.303 e. The van der Waals surface area contributed by atoms with Crippen LogP contribution in [-0.2, 0) is 66.4 Å². The van der Waals surface area contributed by atoms with Crippen molar-refractivity contribution in [3.8, 4) is 5.75 Å². The third-order valence-corrected chi connectivity index (χ3v) is 6.81. The van der Waals surface area contributed by atoms with Crippen LogP contribution in [0.2, 0.25) is 5.02 Å². The van der Waals surface area contributed by atoms with Crippen LogP contribution in [0.1, 0.15) is 49.9 Å². The van der Waals surface area contributed by atoms with Crippen LogP contribution in [0.3, 0.4) is 0 Å². The largest absolute Gasteiger partial charge is 0.508 e. The van der Waals surface area contributed by atoms with Gasteiger partial charge in [-0.2, -0.15) is 0 Å². The Morgan fingerprint density at radius 3 is 2.15 bits per heavy atom. The molecule has 1 N–H and O–H groups in total. The van der Waals surface area contributed by atoms with E-state index in [1.54, 1.807) is 36.4 Å². The molecule has 40 heavy (non-hydrogen) atoms. The highest BCUT2D eigenvalue weighted by molar-refractivity contribution is 6.31. The van der Waals surface area contributed by atoms with Gasteiger partial charge in [0.1, 0.15) is 18.5 Å². The van der Waals surface area contributed by atoms with E-state index >= 15 is 0 Å². The summed E-state index contributed by atoms with van der Waals surface area (Å²) in [6.07, 6.45) is -4.92. The topological polar surface area (TPSA) is 144 Å². The van der Waals surface area contributed by atoms with Crippen molar-refractivity contribution in [2.75, 3.05) is 6.61 Å².